The van der Waals surface area contributed by atoms with Crippen LogP contribution in [0.1, 0.15) is 22.8 Å². The molecule has 0 aliphatic carbocycles. The minimum Gasteiger partial charge on any atom is -0.493 e. The van der Waals surface area contributed by atoms with Crippen molar-refractivity contribution in [1.29, 1.82) is 0 Å². The van der Waals surface area contributed by atoms with Gasteiger partial charge in [0.2, 0.25) is 0 Å². The SMILES string of the molecule is COc1ccc(CC2OC(=O)Cc3cc(OC)c(OC)cc32)cc1OC. The first-order chi connectivity index (χ1) is 12.6. The summed E-state index contributed by atoms with van der Waals surface area (Å²) in [6.45, 7) is 0. The number of rotatable bonds is 6. The van der Waals surface area contributed by atoms with Crippen LogP contribution in [0.15, 0.2) is 30.3 Å². The highest BCUT2D eigenvalue weighted by molar-refractivity contribution is 5.76. The maximum Gasteiger partial charge on any atom is 0.310 e. The molecule has 0 bridgehead atoms. The zero-order valence-corrected chi connectivity index (χ0v) is 15.3. The van der Waals surface area contributed by atoms with E-state index in [-0.39, 0.29) is 12.4 Å². The Balaban J connectivity index is 1.96. The van der Waals surface area contributed by atoms with Crippen molar-refractivity contribution in [3.8, 4) is 23.0 Å². The second-order valence-electron chi connectivity index (χ2n) is 5.95. The Morgan fingerprint density at radius 1 is 0.885 bits per heavy atom. The van der Waals surface area contributed by atoms with Crippen molar-refractivity contribution in [1.82, 2.24) is 0 Å². The Hall–Kier alpha value is -2.89. The highest BCUT2D eigenvalue weighted by Gasteiger charge is 2.29. The summed E-state index contributed by atoms with van der Waals surface area (Å²) in [5, 5.41) is 0. The van der Waals surface area contributed by atoms with E-state index in [4.69, 9.17) is 23.7 Å². The van der Waals surface area contributed by atoms with E-state index in [1.807, 2.05) is 30.3 Å². The molecule has 1 aliphatic heterocycles. The molecule has 0 aromatic heterocycles. The van der Waals surface area contributed by atoms with Gasteiger partial charge < -0.3 is 23.7 Å². The fraction of sp³-hybridized carbons (Fsp3) is 0.350. The molecular formula is C20H22O6. The van der Waals surface area contributed by atoms with E-state index in [1.165, 1.54) is 0 Å². The van der Waals surface area contributed by atoms with E-state index < -0.39 is 6.10 Å². The van der Waals surface area contributed by atoms with Gasteiger partial charge in [0.15, 0.2) is 23.0 Å². The number of cyclic esters (lactones) is 1. The molecule has 6 heteroatoms. The number of methoxy groups -OCH3 is 4. The Labute approximate surface area is 152 Å². The number of ether oxygens (including phenoxy) is 5. The summed E-state index contributed by atoms with van der Waals surface area (Å²) in [7, 11) is 6.35. The lowest BCUT2D eigenvalue weighted by atomic mass is 9.92. The third-order valence-electron chi connectivity index (χ3n) is 4.47. The van der Waals surface area contributed by atoms with Crippen molar-refractivity contribution in [3.63, 3.8) is 0 Å². The van der Waals surface area contributed by atoms with Gasteiger partial charge in [-0.1, -0.05) is 6.07 Å². The molecular weight excluding hydrogens is 336 g/mol. The van der Waals surface area contributed by atoms with Crippen LogP contribution < -0.4 is 18.9 Å². The van der Waals surface area contributed by atoms with Crippen molar-refractivity contribution >= 4 is 5.97 Å². The molecule has 6 nitrogen and oxygen atoms in total. The zero-order chi connectivity index (χ0) is 18.7. The number of hydrogen-bond donors (Lipinski definition) is 0. The minimum atomic E-state index is -0.399. The predicted molar refractivity (Wildman–Crippen MR) is 95.3 cm³/mol. The Morgan fingerprint density at radius 2 is 1.50 bits per heavy atom. The monoisotopic (exact) mass is 358 g/mol. The molecule has 0 spiro atoms. The van der Waals surface area contributed by atoms with Crippen molar-refractivity contribution < 1.29 is 28.5 Å². The predicted octanol–water partition coefficient (Wildman–Crippen LogP) is 3.10. The summed E-state index contributed by atoms with van der Waals surface area (Å²) in [4.78, 5) is 12.1. The number of hydrogen-bond acceptors (Lipinski definition) is 6. The molecule has 2 aromatic rings. The van der Waals surface area contributed by atoms with Crippen LogP contribution in [0.4, 0.5) is 0 Å². The molecule has 3 rings (SSSR count). The van der Waals surface area contributed by atoms with Crippen molar-refractivity contribution in [2.75, 3.05) is 28.4 Å². The van der Waals surface area contributed by atoms with Gasteiger partial charge in [0.25, 0.3) is 0 Å². The Kier molecular flexibility index (Phi) is 5.21. The first-order valence-corrected chi connectivity index (χ1v) is 8.24. The molecule has 0 fully saturated rings. The summed E-state index contributed by atoms with van der Waals surface area (Å²) in [5.41, 5.74) is 2.80. The second-order valence-corrected chi connectivity index (χ2v) is 5.95. The summed E-state index contributed by atoms with van der Waals surface area (Å²) >= 11 is 0. The normalized spacial score (nSPS) is 15.7. The Morgan fingerprint density at radius 3 is 2.15 bits per heavy atom. The van der Waals surface area contributed by atoms with Gasteiger partial charge in [-0.2, -0.15) is 0 Å². The molecule has 0 saturated carbocycles. The van der Waals surface area contributed by atoms with E-state index in [0.717, 1.165) is 16.7 Å². The lowest BCUT2D eigenvalue weighted by molar-refractivity contribution is -0.150. The molecule has 0 radical (unpaired) electrons. The van der Waals surface area contributed by atoms with Gasteiger partial charge in [0, 0.05) is 12.0 Å². The highest BCUT2D eigenvalue weighted by Crippen LogP contribution is 2.39. The lowest BCUT2D eigenvalue weighted by Crippen LogP contribution is -2.23. The molecule has 0 amide bonds. The van der Waals surface area contributed by atoms with Gasteiger partial charge in [-0.15, -0.1) is 0 Å². The van der Waals surface area contributed by atoms with Gasteiger partial charge in [-0.25, -0.2) is 0 Å². The maximum atomic E-state index is 12.1. The van der Waals surface area contributed by atoms with Crippen LogP contribution in [0.5, 0.6) is 23.0 Å². The quantitative estimate of drug-likeness (QED) is 0.740. The van der Waals surface area contributed by atoms with Crippen molar-refractivity contribution in [2.45, 2.75) is 18.9 Å². The smallest absolute Gasteiger partial charge is 0.310 e. The summed E-state index contributed by atoms with van der Waals surface area (Å²) in [5.74, 6) is 2.26. The standard InChI is InChI=1S/C20H22O6/c1-22-15-6-5-12(8-17(15)23-2)7-16-14-11-19(25-4)18(24-3)9-13(14)10-20(21)26-16/h5-6,8-9,11,16H,7,10H2,1-4H3. The summed E-state index contributed by atoms with van der Waals surface area (Å²) < 4.78 is 27.0. The summed E-state index contributed by atoms with van der Waals surface area (Å²) in [6.07, 6.45) is 0.344. The van der Waals surface area contributed by atoms with E-state index in [0.29, 0.717) is 29.4 Å². The van der Waals surface area contributed by atoms with Crippen LogP contribution in [0, 0.1) is 0 Å². The first-order valence-electron chi connectivity index (χ1n) is 8.24. The van der Waals surface area contributed by atoms with Crippen LogP contribution in [-0.4, -0.2) is 34.4 Å². The maximum absolute atomic E-state index is 12.1. The average molecular weight is 358 g/mol. The molecule has 1 unspecified atom stereocenters. The van der Waals surface area contributed by atoms with Gasteiger partial charge in [-0.3, -0.25) is 4.79 Å². The molecule has 1 aliphatic rings. The van der Waals surface area contributed by atoms with Crippen LogP contribution >= 0.6 is 0 Å². The number of carbonyl (C=O) groups is 1. The fourth-order valence-corrected chi connectivity index (χ4v) is 3.18. The number of fused-ring (bicyclic) bond motifs is 1. The second kappa shape index (κ2) is 7.56. The number of esters is 1. The largest absolute Gasteiger partial charge is 0.493 e. The van der Waals surface area contributed by atoms with Crippen LogP contribution in [0.25, 0.3) is 0 Å². The number of benzene rings is 2. The molecule has 2 aromatic carbocycles. The van der Waals surface area contributed by atoms with E-state index in [2.05, 4.69) is 0 Å². The molecule has 138 valence electrons. The average Bonchev–Trinajstić information content (AvgIpc) is 2.66. The Bertz CT molecular complexity index is 814. The van der Waals surface area contributed by atoms with E-state index >= 15 is 0 Å². The van der Waals surface area contributed by atoms with Crippen LogP contribution in [0.2, 0.25) is 0 Å². The fourth-order valence-electron chi connectivity index (χ4n) is 3.18. The molecule has 26 heavy (non-hydrogen) atoms. The minimum absolute atomic E-state index is 0.220. The lowest BCUT2D eigenvalue weighted by Gasteiger charge is -2.27. The third kappa shape index (κ3) is 3.40. The van der Waals surface area contributed by atoms with E-state index in [9.17, 15) is 4.79 Å². The van der Waals surface area contributed by atoms with Crippen molar-refractivity contribution in [2.24, 2.45) is 0 Å². The van der Waals surface area contributed by atoms with Crippen molar-refractivity contribution in [3.05, 3.63) is 47.0 Å². The van der Waals surface area contributed by atoms with Gasteiger partial charge >= 0.3 is 5.97 Å². The number of carbonyl (C=O) groups excluding carboxylic acids is 1. The molecule has 1 atom stereocenters. The molecule has 0 N–H and O–H groups in total. The van der Waals surface area contributed by atoms with Gasteiger partial charge in [0.1, 0.15) is 6.10 Å². The highest BCUT2D eigenvalue weighted by atomic mass is 16.5. The zero-order valence-electron chi connectivity index (χ0n) is 15.3. The van der Waals surface area contributed by atoms with Crippen LogP contribution in [0.3, 0.4) is 0 Å². The summed E-state index contributed by atoms with van der Waals surface area (Å²) in [6, 6.07) is 9.39. The topological polar surface area (TPSA) is 63.2 Å². The van der Waals surface area contributed by atoms with E-state index in [1.54, 1.807) is 28.4 Å². The van der Waals surface area contributed by atoms with Crippen LogP contribution in [-0.2, 0) is 22.4 Å². The molecule has 1 heterocycles. The third-order valence-corrected chi connectivity index (χ3v) is 4.47. The van der Waals surface area contributed by atoms with Gasteiger partial charge in [0.05, 0.1) is 34.9 Å². The first kappa shape index (κ1) is 17.9. The van der Waals surface area contributed by atoms with Gasteiger partial charge in [-0.05, 0) is 35.4 Å². The molecule has 0 saturated heterocycles.